The summed E-state index contributed by atoms with van der Waals surface area (Å²) in [6.07, 6.45) is 0.669. The number of carbonyl (C=O) groups is 1. The van der Waals surface area contributed by atoms with Crippen molar-refractivity contribution in [3.8, 4) is 11.5 Å². The van der Waals surface area contributed by atoms with E-state index in [0.29, 0.717) is 19.6 Å². The maximum atomic E-state index is 14.2. The molecular formula is C21H25FO4. The van der Waals surface area contributed by atoms with Crippen molar-refractivity contribution in [2.75, 3.05) is 13.2 Å². The number of esters is 1. The molecule has 0 aliphatic carbocycles. The van der Waals surface area contributed by atoms with Gasteiger partial charge in [0.25, 0.3) is 0 Å². The Bertz CT molecular complexity index is 743. The fraction of sp³-hybridized carbons (Fsp3) is 0.381. The van der Waals surface area contributed by atoms with E-state index >= 15 is 0 Å². The predicted octanol–water partition coefficient (Wildman–Crippen LogP) is 4.61. The van der Waals surface area contributed by atoms with Gasteiger partial charge in [0.05, 0.1) is 13.2 Å². The van der Waals surface area contributed by atoms with Crippen LogP contribution in [0.2, 0.25) is 0 Å². The maximum Gasteiger partial charge on any atom is 0.306 e. The molecule has 2 aromatic carbocycles. The Morgan fingerprint density at radius 1 is 0.962 bits per heavy atom. The SMILES string of the molecule is CCOC(=O)CCc1ccc(OCc2ccc(C)c(OCC)c2)c(F)c1. The van der Waals surface area contributed by atoms with E-state index in [1.165, 1.54) is 6.07 Å². The van der Waals surface area contributed by atoms with Crippen molar-refractivity contribution in [1.82, 2.24) is 0 Å². The first-order valence-corrected chi connectivity index (χ1v) is 8.82. The number of benzene rings is 2. The molecule has 0 aliphatic heterocycles. The smallest absolute Gasteiger partial charge is 0.306 e. The lowest BCUT2D eigenvalue weighted by molar-refractivity contribution is -0.143. The molecule has 140 valence electrons. The molecule has 5 heteroatoms. The average Bonchev–Trinajstić information content (AvgIpc) is 2.62. The Kier molecular flexibility index (Phi) is 7.45. The molecule has 4 nitrogen and oxygen atoms in total. The zero-order chi connectivity index (χ0) is 18.9. The molecule has 2 aromatic rings. The second-order valence-electron chi connectivity index (χ2n) is 5.89. The molecule has 0 aliphatic rings. The van der Waals surface area contributed by atoms with Crippen LogP contribution in [0.25, 0.3) is 0 Å². The summed E-state index contributed by atoms with van der Waals surface area (Å²) >= 11 is 0. The number of hydrogen-bond donors (Lipinski definition) is 0. The second-order valence-corrected chi connectivity index (χ2v) is 5.89. The molecule has 26 heavy (non-hydrogen) atoms. The van der Waals surface area contributed by atoms with E-state index in [1.54, 1.807) is 19.1 Å². The van der Waals surface area contributed by atoms with Crippen LogP contribution >= 0.6 is 0 Å². The van der Waals surface area contributed by atoms with Gasteiger partial charge in [-0.15, -0.1) is 0 Å². The number of halogens is 1. The van der Waals surface area contributed by atoms with Crippen LogP contribution in [-0.4, -0.2) is 19.2 Å². The summed E-state index contributed by atoms with van der Waals surface area (Å²) in [6.45, 7) is 6.86. The largest absolute Gasteiger partial charge is 0.494 e. The van der Waals surface area contributed by atoms with E-state index in [0.717, 1.165) is 22.4 Å². The quantitative estimate of drug-likeness (QED) is 0.613. The number of aryl methyl sites for hydroxylation is 2. The Hall–Kier alpha value is -2.56. The van der Waals surface area contributed by atoms with Gasteiger partial charge in [0, 0.05) is 6.42 Å². The summed E-state index contributed by atoms with van der Waals surface area (Å²) in [5, 5.41) is 0. The lowest BCUT2D eigenvalue weighted by Gasteiger charge is -2.12. The third kappa shape index (κ3) is 5.76. The van der Waals surface area contributed by atoms with Gasteiger partial charge in [-0.25, -0.2) is 4.39 Å². The molecule has 2 rings (SSSR count). The van der Waals surface area contributed by atoms with Crippen LogP contribution in [0.3, 0.4) is 0 Å². The minimum Gasteiger partial charge on any atom is -0.494 e. The molecule has 0 saturated heterocycles. The summed E-state index contributed by atoms with van der Waals surface area (Å²) in [5.41, 5.74) is 2.69. The molecule has 0 spiro atoms. The van der Waals surface area contributed by atoms with Gasteiger partial charge in [-0.05, 0) is 62.1 Å². The lowest BCUT2D eigenvalue weighted by atomic mass is 10.1. The highest BCUT2D eigenvalue weighted by Gasteiger charge is 2.09. The number of carbonyl (C=O) groups excluding carboxylic acids is 1. The Morgan fingerprint density at radius 3 is 2.42 bits per heavy atom. The van der Waals surface area contributed by atoms with Crippen molar-refractivity contribution in [3.05, 3.63) is 58.9 Å². The zero-order valence-electron chi connectivity index (χ0n) is 15.5. The zero-order valence-corrected chi connectivity index (χ0v) is 15.5. The lowest BCUT2D eigenvalue weighted by Crippen LogP contribution is -2.05. The molecule has 0 amide bonds. The monoisotopic (exact) mass is 360 g/mol. The van der Waals surface area contributed by atoms with Crippen molar-refractivity contribution in [3.63, 3.8) is 0 Å². The fourth-order valence-corrected chi connectivity index (χ4v) is 2.50. The van der Waals surface area contributed by atoms with E-state index in [1.807, 2.05) is 32.0 Å². The van der Waals surface area contributed by atoms with Gasteiger partial charge in [-0.3, -0.25) is 4.79 Å². The number of hydrogen-bond acceptors (Lipinski definition) is 4. The highest BCUT2D eigenvalue weighted by atomic mass is 19.1. The first-order valence-electron chi connectivity index (χ1n) is 8.82. The van der Waals surface area contributed by atoms with Crippen molar-refractivity contribution in [2.45, 2.75) is 40.2 Å². The van der Waals surface area contributed by atoms with Gasteiger partial charge in [-0.2, -0.15) is 0 Å². The maximum absolute atomic E-state index is 14.2. The highest BCUT2D eigenvalue weighted by molar-refractivity contribution is 5.69. The molecule has 0 aromatic heterocycles. The second kappa shape index (κ2) is 9.80. The van der Waals surface area contributed by atoms with Gasteiger partial charge in [0.15, 0.2) is 11.6 Å². The molecule has 0 atom stereocenters. The van der Waals surface area contributed by atoms with E-state index in [4.69, 9.17) is 14.2 Å². The average molecular weight is 360 g/mol. The van der Waals surface area contributed by atoms with Crippen LogP contribution in [0.4, 0.5) is 4.39 Å². The molecule has 0 fully saturated rings. The highest BCUT2D eigenvalue weighted by Crippen LogP contribution is 2.23. The van der Waals surface area contributed by atoms with Gasteiger partial charge in [0.2, 0.25) is 0 Å². The predicted molar refractivity (Wildman–Crippen MR) is 98.0 cm³/mol. The van der Waals surface area contributed by atoms with Crippen LogP contribution in [-0.2, 0) is 22.6 Å². The molecule has 0 N–H and O–H groups in total. The third-order valence-electron chi connectivity index (χ3n) is 3.87. The Morgan fingerprint density at radius 2 is 1.73 bits per heavy atom. The fourth-order valence-electron chi connectivity index (χ4n) is 2.50. The van der Waals surface area contributed by atoms with Gasteiger partial charge < -0.3 is 14.2 Å². The summed E-state index contributed by atoms with van der Waals surface area (Å²) in [7, 11) is 0. The number of ether oxygens (including phenoxy) is 3. The van der Waals surface area contributed by atoms with Crippen molar-refractivity contribution >= 4 is 5.97 Å². The van der Waals surface area contributed by atoms with Gasteiger partial charge in [0.1, 0.15) is 12.4 Å². The van der Waals surface area contributed by atoms with E-state index in [2.05, 4.69) is 0 Å². The van der Waals surface area contributed by atoms with Crippen molar-refractivity contribution in [1.29, 1.82) is 0 Å². The summed E-state index contributed by atoms with van der Waals surface area (Å²) < 4.78 is 30.3. The first kappa shape index (κ1) is 19.8. The van der Waals surface area contributed by atoms with Crippen LogP contribution in [0, 0.1) is 12.7 Å². The first-order chi connectivity index (χ1) is 12.5. The minimum atomic E-state index is -0.441. The third-order valence-corrected chi connectivity index (χ3v) is 3.87. The molecular weight excluding hydrogens is 335 g/mol. The standard InChI is InChI=1S/C21H25FO4/c1-4-24-20-13-17(7-6-15(20)3)14-26-19-10-8-16(12-18(19)22)9-11-21(23)25-5-2/h6-8,10,12-13H,4-5,9,11,14H2,1-3H3. The van der Waals surface area contributed by atoms with Crippen LogP contribution in [0.15, 0.2) is 36.4 Å². The molecule has 0 bridgehead atoms. The molecule has 0 heterocycles. The van der Waals surface area contributed by atoms with Crippen LogP contribution < -0.4 is 9.47 Å². The Balaban J connectivity index is 1.96. The van der Waals surface area contributed by atoms with Crippen molar-refractivity contribution in [2.24, 2.45) is 0 Å². The van der Waals surface area contributed by atoms with E-state index in [-0.39, 0.29) is 24.7 Å². The minimum absolute atomic E-state index is 0.184. The molecule has 0 radical (unpaired) electrons. The summed E-state index contributed by atoms with van der Waals surface area (Å²) in [4.78, 5) is 11.4. The van der Waals surface area contributed by atoms with Crippen LogP contribution in [0.5, 0.6) is 11.5 Å². The number of rotatable bonds is 9. The summed E-state index contributed by atoms with van der Waals surface area (Å²) in [5.74, 6) is 0.271. The molecule has 0 unspecified atom stereocenters. The topological polar surface area (TPSA) is 44.8 Å². The van der Waals surface area contributed by atoms with Gasteiger partial charge in [-0.1, -0.05) is 18.2 Å². The van der Waals surface area contributed by atoms with E-state index < -0.39 is 5.82 Å². The van der Waals surface area contributed by atoms with Crippen molar-refractivity contribution < 1.29 is 23.4 Å². The Labute approximate surface area is 153 Å². The normalized spacial score (nSPS) is 10.5. The van der Waals surface area contributed by atoms with E-state index in [9.17, 15) is 9.18 Å². The molecule has 0 saturated carbocycles. The summed E-state index contributed by atoms with van der Waals surface area (Å²) in [6, 6.07) is 10.5. The van der Waals surface area contributed by atoms with Gasteiger partial charge >= 0.3 is 5.97 Å². The van der Waals surface area contributed by atoms with Crippen LogP contribution in [0.1, 0.15) is 37.0 Å².